The molecule has 0 radical (unpaired) electrons. The molecule has 0 bridgehead atoms. The zero-order valence-electron chi connectivity index (χ0n) is 20.7. The van der Waals surface area contributed by atoms with Gasteiger partial charge in [0, 0.05) is 34.0 Å². The lowest BCUT2D eigenvalue weighted by Crippen LogP contribution is -2.30. The van der Waals surface area contributed by atoms with E-state index in [0.29, 0.717) is 35.0 Å². The zero-order chi connectivity index (χ0) is 27.2. The molecule has 1 amide bonds. The molecule has 11 heteroatoms. The Morgan fingerprint density at radius 3 is 2.23 bits per heavy atom. The number of nitrogens with zero attached hydrogens (tertiary/aromatic N) is 2. The standard InChI is InChI=1S/C28H26IN5O4S/c29-22-7-9-23(10-8-22)32-26-15-24(11-12-25(26)28(35)33-38-18-19-5-6-19)39(36,37)34-27(20-3-1-13-30-16-20)21-4-2-14-31-17-21/h1-4,7-17,19,27,32,34H,5-6,18H2,(H,33,35). The van der Waals surface area contributed by atoms with E-state index >= 15 is 0 Å². The number of carbonyl (C=O) groups excluding carboxylic acids is 1. The number of halogens is 1. The Morgan fingerprint density at radius 1 is 0.974 bits per heavy atom. The van der Waals surface area contributed by atoms with Gasteiger partial charge >= 0.3 is 0 Å². The molecule has 0 atom stereocenters. The van der Waals surface area contributed by atoms with Crippen LogP contribution < -0.4 is 15.5 Å². The van der Waals surface area contributed by atoms with Crippen molar-refractivity contribution in [3.63, 3.8) is 0 Å². The molecule has 0 saturated heterocycles. The Morgan fingerprint density at radius 2 is 1.64 bits per heavy atom. The summed E-state index contributed by atoms with van der Waals surface area (Å²) in [7, 11) is -4.05. The van der Waals surface area contributed by atoms with E-state index in [1.165, 1.54) is 18.2 Å². The number of amides is 1. The number of rotatable bonds is 11. The highest BCUT2D eigenvalue weighted by molar-refractivity contribution is 14.1. The number of nitrogens with one attached hydrogen (secondary N) is 3. The highest BCUT2D eigenvalue weighted by atomic mass is 127. The number of pyridine rings is 2. The van der Waals surface area contributed by atoms with Crippen LogP contribution in [-0.2, 0) is 14.9 Å². The second-order valence-electron chi connectivity index (χ2n) is 9.15. The average Bonchev–Trinajstić information content (AvgIpc) is 3.78. The predicted octanol–water partition coefficient (Wildman–Crippen LogP) is 4.96. The van der Waals surface area contributed by atoms with E-state index < -0.39 is 22.0 Å². The zero-order valence-corrected chi connectivity index (χ0v) is 23.7. The van der Waals surface area contributed by atoms with Crippen molar-refractivity contribution in [1.82, 2.24) is 20.2 Å². The van der Waals surface area contributed by atoms with Crippen molar-refractivity contribution in [2.75, 3.05) is 11.9 Å². The van der Waals surface area contributed by atoms with Crippen LogP contribution >= 0.6 is 22.6 Å². The van der Waals surface area contributed by atoms with Crippen molar-refractivity contribution >= 4 is 49.9 Å². The van der Waals surface area contributed by atoms with Crippen molar-refractivity contribution in [2.24, 2.45) is 5.92 Å². The fourth-order valence-corrected chi connectivity index (χ4v) is 5.49. The lowest BCUT2D eigenvalue weighted by Gasteiger charge is -2.20. The number of anilines is 2. The second kappa shape index (κ2) is 12.2. The van der Waals surface area contributed by atoms with E-state index in [9.17, 15) is 13.2 Å². The van der Waals surface area contributed by atoms with Gasteiger partial charge < -0.3 is 5.32 Å². The van der Waals surface area contributed by atoms with Gasteiger partial charge in [-0.25, -0.2) is 13.9 Å². The molecule has 1 aliphatic carbocycles. The Balaban J connectivity index is 1.46. The summed E-state index contributed by atoms with van der Waals surface area (Å²) in [5.41, 5.74) is 5.08. The molecular weight excluding hydrogens is 629 g/mol. The monoisotopic (exact) mass is 655 g/mol. The molecule has 39 heavy (non-hydrogen) atoms. The molecule has 2 aromatic carbocycles. The van der Waals surface area contributed by atoms with E-state index in [-0.39, 0.29) is 10.5 Å². The topological polar surface area (TPSA) is 122 Å². The maximum absolute atomic E-state index is 13.7. The molecule has 2 aromatic heterocycles. The van der Waals surface area contributed by atoms with Gasteiger partial charge in [0.05, 0.1) is 28.8 Å². The van der Waals surface area contributed by atoms with Gasteiger partial charge in [0.15, 0.2) is 0 Å². The van der Waals surface area contributed by atoms with Crippen LogP contribution in [0.1, 0.15) is 40.4 Å². The summed E-state index contributed by atoms with van der Waals surface area (Å²) in [6.07, 6.45) is 8.65. The number of carbonyl (C=O) groups is 1. The van der Waals surface area contributed by atoms with Crippen LogP contribution in [0, 0.1) is 9.49 Å². The van der Waals surface area contributed by atoms with E-state index in [4.69, 9.17) is 4.84 Å². The Labute approximate surface area is 240 Å². The largest absolute Gasteiger partial charge is 0.355 e. The number of benzene rings is 2. The maximum atomic E-state index is 13.7. The minimum Gasteiger partial charge on any atom is -0.355 e. The maximum Gasteiger partial charge on any atom is 0.276 e. The molecule has 0 unspecified atom stereocenters. The number of sulfonamides is 1. The summed E-state index contributed by atoms with van der Waals surface area (Å²) in [5, 5.41) is 3.19. The van der Waals surface area contributed by atoms with Gasteiger partial charge in [-0.2, -0.15) is 4.72 Å². The number of hydrogen-bond donors (Lipinski definition) is 3. The third kappa shape index (κ3) is 7.18. The molecule has 1 fully saturated rings. The molecule has 4 aromatic rings. The van der Waals surface area contributed by atoms with Crippen molar-refractivity contribution in [3.05, 3.63) is 112 Å². The summed E-state index contributed by atoms with van der Waals surface area (Å²) in [6, 6.07) is 18.2. The summed E-state index contributed by atoms with van der Waals surface area (Å²) in [5.74, 6) is 0.00465. The van der Waals surface area contributed by atoms with Gasteiger partial charge in [0.25, 0.3) is 5.91 Å². The van der Waals surface area contributed by atoms with Crippen LogP contribution in [0.15, 0.2) is 96.4 Å². The quantitative estimate of drug-likeness (QED) is 0.154. The first-order valence-electron chi connectivity index (χ1n) is 12.3. The highest BCUT2D eigenvalue weighted by Crippen LogP contribution is 2.30. The van der Waals surface area contributed by atoms with Crippen LogP contribution in [0.2, 0.25) is 0 Å². The van der Waals surface area contributed by atoms with Crippen LogP contribution in [0.5, 0.6) is 0 Å². The van der Waals surface area contributed by atoms with Crippen molar-refractivity contribution < 1.29 is 18.0 Å². The lowest BCUT2D eigenvalue weighted by molar-refractivity contribution is 0.0271. The first-order valence-corrected chi connectivity index (χ1v) is 14.9. The second-order valence-corrected chi connectivity index (χ2v) is 12.1. The van der Waals surface area contributed by atoms with E-state index in [0.717, 1.165) is 16.4 Å². The van der Waals surface area contributed by atoms with Gasteiger partial charge in [-0.3, -0.25) is 19.6 Å². The van der Waals surface area contributed by atoms with Crippen LogP contribution in [0.25, 0.3) is 0 Å². The van der Waals surface area contributed by atoms with Crippen LogP contribution in [-0.4, -0.2) is 30.9 Å². The fourth-order valence-electron chi connectivity index (χ4n) is 3.89. The molecular formula is C28H26IN5O4S. The minimum absolute atomic E-state index is 0.0104. The Kier molecular flexibility index (Phi) is 8.50. The SMILES string of the molecule is O=C(NOCC1CC1)c1ccc(S(=O)(=O)NC(c2cccnc2)c2cccnc2)cc1Nc1ccc(I)cc1. The van der Waals surface area contributed by atoms with E-state index in [1.54, 1.807) is 49.1 Å². The molecule has 9 nitrogen and oxygen atoms in total. The number of hydroxylamine groups is 1. The molecule has 0 spiro atoms. The fraction of sp³-hybridized carbons (Fsp3) is 0.179. The molecule has 2 heterocycles. The molecule has 1 aliphatic rings. The van der Waals surface area contributed by atoms with Gasteiger partial charge in [-0.05, 0) is 107 Å². The molecule has 0 aliphatic heterocycles. The van der Waals surface area contributed by atoms with E-state index in [2.05, 4.69) is 48.1 Å². The van der Waals surface area contributed by atoms with Crippen LogP contribution in [0.3, 0.4) is 0 Å². The number of aromatic nitrogens is 2. The van der Waals surface area contributed by atoms with Crippen molar-refractivity contribution in [1.29, 1.82) is 0 Å². The van der Waals surface area contributed by atoms with E-state index in [1.807, 2.05) is 24.3 Å². The normalized spacial score (nSPS) is 13.3. The van der Waals surface area contributed by atoms with Gasteiger partial charge in [0.2, 0.25) is 10.0 Å². The summed E-state index contributed by atoms with van der Waals surface area (Å²) < 4.78 is 31.2. The predicted molar refractivity (Wildman–Crippen MR) is 156 cm³/mol. The highest BCUT2D eigenvalue weighted by Gasteiger charge is 2.26. The molecule has 5 rings (SSSR count). The van der Waals surface area contributed by atoms with Gasteiger partial charge in [-0.15, -0.1) is 0 Å². The lowest BCUT2D eigenvalue weighted by atomic mass is 10.0. The first kappa shape index (κ1) is 27.2. The van der Waals surface area contributed by atoms with Gasteiger partial charge in [-0.1, -0.05) is 12.1 Å². The summed E-state index contributed by atoms with van der Waals surface area (Å²) in [6.45, 7) is 0.450. The van der Waals surface area contributed by atoms with Gasteiger partial charge in [0.1, 0.15) is 0 Å². The first-order chi connectivity index (χ1) is 18.9. The molecule has 1 saturated carbocycles. The average molecular weight is 656 g/mol. The summed E-state index contributed by atoms with van der Waals surface area (Å²) in [4.78, 5) is 26.6. The third-order valence-electron chi connectivity index (χ3n) is 6.16. The van der Waals surface area contributed by atoms with Crippen molar-refractivity contribution in [2.45, 2.75) is 23.8 Å². The molecule has 3 N–H and O–H groups in total. The molecule has 200 valence electrons. The Hall–Kier alpha value is -3.39. The smallest absolute Gasteiger partial charge is 0.276 e. The third-order valence-corrected chi connectivity index (χ3v) is 8.30. The Bertz CT molecular complexity index is 1490. The number of hydrogen-bond acceptors (Lipinski definition) is 7. The minimum atomic E-state index is -4.05. The van der Waals surface area contributed by atoms with Crippen molar-refractivity contribution in [3.8, 4) is 0 Å². The summed E-state index contributed by atoms with van der Waals surface area (Å²) >= 11 is 2.20. The van der Waals surface area contributed by atoms with Crippen LogP contribution in [0.4, 0.5) is 11.4 Å².